The first-order valence-corrected chi connectivity index (χ1v) is 12.9. The normalized spacial score (nSPS) is 20.1. The Balaban J connectivity index is 0.000000328. The number of rotatable bonds is 7. The number of aryl methyl sites for hydroxylation is 1. The number of fused-ring (bicyclic) bond motifs is 1. The van der Waals surface area contributed by atoms with E-state index in [1.807, 2.05) is 6.92 Å². The van der Waals surface area contributed by atoms with Crippen molar-refractivity contribution >= 4 is 39.9 Å². The fraction of sp³-hybridized carbons (Fsp3) is 0.476. The molecule has 14 heteroatoms. The number of nitrogens with two attached hydrogens (primary N) is 1. The van der Waals surface area contributed by atoms with Crippen LogP contribution in [0.5, 0.6) is 0 Å². The van der Waals surface area contributed by atoms with Gasteiger partial charge in [-0.15, -0.1) is 11.8 Å². The van der Waals surface area contributed by atoms with Gasteiger partial charge in [0, 0.05) is 19.8 Å². The quantitative estimate of drug-likeness (QED) is 0.224. The predicted molar refractivity (Wildman–Crippen MR) is 125 cm³/mol. The smallest absolute Gasteiger partial charge is 0.435 e. The Bertz CT molecular complexity index is 1070. The summed E-state index contributed by atoms with van der Waals surface area (Å²) in [4.78, 5) is 37.0. The Hall–Kier alpha value is -2.65. The van der Waals surface area contributed by atoms with Crippen LogP contribution in [0.25, 0.3) is 0 Å². The van der Waals surface area contributed by atoms with Crippen LogP contribution in [0.4, 0.5) is 4.79 Å². The minimum atomic E-state index is -4.02. The number of ether oxygens (including phenoxy) is 4. The molecule has 3 N–H and O–H groups in total. The summed E-state index contributed by atoms with van der Waals surface area (Å²) >= 11 is 1.46. The van der Waals surface area contributed by atoms with E-state index in [0.29, 0.717) is 11.3 Å². The zero-order chi connectivity index (χ0) is 26.3. The van der Waals surface area contributed by atoms with Crippen molar-refractivity contribution in [2.45, 2.75) is 43.4 Å². The summed E-state index contributed by atoms with van der Waals surface area (Å²) in [6.45, 7) is 5.16. The number of β-lactam (4-membered cyclic amide) rings is 1. The number of methoxy groups -OCH3 is 1. The lowest BCUT2D eigenvalue weighted by Gasteiger charge is -2.48. The second-order valence-corrected chi connectivity index (χ2v) is 9.91. The minimum absolute atomic E-state index is 0.0666. The number of hydrogen-bond acceptors (Lipinski definition) is 11. The first-order valence-electron chi connectivity index (χ1n) is 10.4. The highest BCUT2D eigenvalue weighted by atomic mass is 32.2. The molecule has 12 nitrogen and oxygen atoms in total. The van der Waals surface area contributed by atoms with Gasteiger partial charge in [0.15, 0.2) is 0 Å². The summed E-state index contributed by atoms with van der Waals surface area (Å²) in [5, 5.41) is -0.304. The molecular formula is C21H28N2O10S2. The standard InChI is InChI=1S/C14H20N2O7S.C7H8O3S/c1-4-21-14(19)23-7(2)22-13(18)10-8(5-20-3)6-24-12-9(15)11(17)16(10)12;1-6-2-4-7(5-3-6)11(8,9)10/h7,9,12H,4-6,15H2,1-3H3;2-5H,1H3,(H,8,9,10)/t7?,9?,12-;/m1./s1. The van der Waals surface area contributed by atoms with Crippen molar-refractivity contribution in [3.8, 4) is 0 Å². The second-order valence-electron chi connectivity index (χ2n) is 7.38. The van der Waals surface area contributed by atoms with Crippen molar-refractivity contribution < 1.29 is 46.3 Å². The Morgan fingerprint density at radius 1 is 1.26 bits per heavy atom. The molecule has 194 valence electrons. The molecule has 1 aromatic rings. The first-order chi connectivity index (χ1) is 16.4. The Morgan fingerprint density at radius 3 is 2.43 bits per heavy atom. The SMILES string of the molecule is CCOC(=O)OC(C)OC(=O)C1=C(COC)CS[C@@H]2C(N)C(=O)N12.Cc1ccc(S(=O)(=O)O)cc1. The van der Waals surface area contributed by atoms with Crippen molar-refractivity contribution in [2.75, 3.05) is 26.1 Å². The zero-order valence-corrected chi connectivity index (χ0v) is 21.3. The molecule has 3 atom stereocenters. The lowest BCUT2D eigenvalue weighted by Crippen LogP contribution is -2.68. The molecule has 1 aromatic carbocycles. The number of esters is 1. The van der Waals surface area contributed by atoms with E-state index in [-0.39, 0.29) is 35.1 Å². The third-order valence-electron chi connectivity index (χ3n) is 4.72. The monoisotopic (exact) mass is 532 g/mol. The number of benzene rings is 1. The summed E-state index contributed by atoms with van der Waals surface area (Å²) in [5.74, 6) is -0.635. The van der Waals surface area contributed by atoms with Gasteiger partial charge < -0.3 is 24.7 Å². The average molecular weight is 533 g/mol. The van der Waals surface area contributed by atoms with Gasteiger partial charge in [-0.05, 0) is 31.6 Å². The summed E-state index contributed by atoms with van der Waals surface area (Å²) in [6, 6.07) is 5.34. The van der Waals surface area contributed by atoms with E-state index in [1.54, 1.807) is 19.1 Å². The molecule has 2 heterocycles. The van der Waals surface area contributed by atoms with Gasteiger partial charge in [0.2, 0.25) is 12.2 Å². The summed E-state index contributed by atoms with van der Waals surface area (Å²) < 4.78 is 49.1. The minimum Gasteiger partial charge on any atom is -0.435 e. The molecule has 3 rings (SSSR count). The van der Waals surface area contributed by atoms with Crippen LogP contribution in [0.3, 0.4) is 0 Å². The Kier molecular flexibility index (Phi) is 10.1. The van der Waals surface area contributed by atoms with Gasteiger partial charge in [-0.1, -0.05) is 17.7 Å². The van der Waals surface area contributed by atoms with Crippen molar-refractivity contribution in [3.05, 3.63) is 41.1 Å². The number of carbonyl (C=O) groups is 3. The van der Waals surface area contributed by atoms with Crippen LogP contribution in [-0.4, -0.2) is 79.7 Å². The number of hydrogen-bond donors (Lipinski definition) is 2. The molecule has 2 unspecified atom stereocenters. The highest BCUT2D eigenvalue weighted by Gasteiger charge is 2.52. The van der Waals surface area contributed by atoms with Gasteiger partial charge in [-0.25, -0.2) is 9.59 Å². The van der Waals surface area contributed by atoms with Crippen molar-refractivity contribution in [2.24, 2.45) is 5.73 Å². The third kappa shape index (κ3) is 7.41. The molecule has 2 aliphatic heterocycles. The fourth-order valence-corrected chi connectivity index (χ4v) is 4.84. The van der Waals surface area contributed by atoms with Crippen molar-refractivity contribution in [3.63, 3.8) is 0 Å². The van der Waals surface area contributed by atoms with E-state index in [0.717, 1.165) is 5.56 Å². The van der Waals surface area contributed by atoms with Gasteiger partial charge in [-0.2, -0.15) is 8.42 Å². The van der Waals surface area contributed by atoms with E-state index >= 15 is 0 Å². The molecule has 1 saturated heterocycles. The number of carbonyl (C=O) groups excluding carboxylic acids is 3. The van der Waals surface area contributed by atoms with Crippen LogP contribution < -0.4 is 5.73 Å². The van der Waals surface area contributed by atoms with Gasteiger partial charge in [0.25, 0.3) is 10.1 Å². The van der Waals surface area contributed by atoms with E-state index in [1.165, 1.54) is 42.8 Å². The highest BCUT2D eigenvalue weighted by Crippen LogP contribution is 2.39. The number of nitrogens with zero attached hydrogens (tertiary/aromatic N) is 1. The lowest BCUT2D eigenvalue weighted by atomic mass is 10.0. The number of amides is 1. The number of thioether (sulfide) groups is 1. The Morgan fingerprint density at radius 2 is 1.89 bits per heavy atom. The van der Waals surface area contributed by atoms with E-state index in [4.69, 9.17) is 24.5 Å². The second kappa shape index (κ2) is 12.4. The highest BCUT2D eigenvalue weighted by molar-refractivity contribution is 8.00. The van der Waals surface area contributed by atoms with Crippen LogP contribution in [-0.2, 0) is 38.7 Å². The molecule has 0 aromatic heterocycles. The molecule has 0 radical (unpaired) electrons. The summed E-state index contributed by atoms with van der Waals surface area (Å²) in [7, 11) is -2.53. The molecule has 0 spiro atoms. The molecule has 0 bridgehead atoms. The zero-order valence-electron chi connectivity index (χ0n) is 19.6. The van der Waals surface area contributed by atoms with E-state index in [2.05, 4.69) is 4.74 Å². The summed E-state index contributed by atoms with van der Waals surface area (Å²) in [5.41, 5.74) is 7.43. The van der Waals surface area contributed by atoms with Crippen LogP contribution in [0.15, 0.2) is 40.4 Å². The molecule has 1 amide bonds. The van der Waals surface area contributed by atoms with Crippen LogP contribution in [0.1, 0.15) is 19.4 Å². The summed E-state index contributed by atoms with van der Waals surface area (Å²) in [6.07, 6.45) is -2.10. The maximum absolute atomic E-state index is 12.5. The van der Waals surface area contributed by atoms with Gasteiger partial charge >= 0.3 is 12.1 Å². The maximum Gasteiger partial charge on any atom is 0.511 e. The van der Waals surface area contributed by atoms with Crippen molar-refractivity contribution in [1.29, 1.82) is 0 Å². The molecule has 0 saturated carbocycles. The topological polar surface area (TPSA) is 172 Å². The third-order valence-corrected chi connectivity index (χ3v) is 6.95. The molecule has 0 aliphatic carbocycles. The maximum atomic E-state index is 12.5. The lowest BCUT2D eigenvalue weighted by molar-refractivity contribution is -0.168. The Labute approximate surface area is 207 Å². The van der Waals surface area contributed by atoms with E-state index in [9.17, 15) is 22.8 Å². The van der Waals surface area contributed by atoms with E-state index < -0.39 is 34.6 Å². The van der Waals surface area contributed by atoms with Crippen LogP contribution >= 0.6 is 11.8 Å². The average Bonchev–Trinajstić information content (AvgIpc) is 2.78. The first kappa shape index (κ1) is 28.6. The largest absolute Gasteiger partial charge is 0.511 e. The van der Waals surface area contributed by atoms with Crippen molar-refractivity contribution in [1.82, 2.24) is 4.90 Å². The molecule has 35 heavy (non-hydrogen) atoms. The predicted octanol–water partition coefficient (Wildman–Crippen LogP) is 1.43. The van der Waals surface area contributed by atoms with Gasteiger partial charge in [0.05, 0.1) is 18.1 Å². The molecular weight excluding hydrogens is 504 g/mol. The van der Waals surface area contributed by atoms with Crippen LogP contribution in [0.2, 0.25) is 0 Å². The molecule has 2 aliphatic rings. The fourth-order valence-electron chi connectivity index (χ4n) is 3.08. The van der Waals surface area contributed by atoms with Gasteiger partial charge in [0.1, 0.15) is 17.1 Å². The van der Waals surface area contributed by atoms with Gasteiger partial charge in [-0.3, -0.25) is 14.2 Å². The van der Waals surface area contributed by atoms with Crippen LogP contribution in [0, 0.1) is 6.92 Å². The molecule has 1 fully saturated rings.